The number of amides is 1. The number of rotatable bonds is 4. The molecular weight excluding hydrogens is 311 g/mol. The normalized spacial score (nSPS) is 21.5. The zero-order valence-corrected chi connectivity index (χ0v) is 12.7. The molecule has 1 aliphatic rings. The third-order valence-corrected chi connectivity index (χ3v) is 4.25. The zero-order valence-electron chi connectivity index (χ0n) is 12.7. The summed E-state index contributed by atoms with van der Waals surface area (Å²) in [5, 5.41) is 9.01. The highest BCUT2D eigenvalue weighted by Gasteiger charge is 2.64. The number of carboxylic acids is 1. The molecule has 1 aliphatic heterocycles. The van der Waals surface area contributed by atoms with Gasteiger partial charge in [-0.1, -0.05) is 25.5 Å². The number of alkyl halides is 3. The fourth-order valence-corrected chi connectivity index (χ4v) is 2.80. The molecule has 1 heterocycles. The van der Waals surface area contributed by atoms with Crippen LogP contribution in [0.5, 0.6) is 0 Å². The van der Waals surface area contributed by atoms with Crippen LogP contribution in [0.2, 0.25) is 0 Å². The summed E-state index contributed by atoms with van der Waals surface area (Å²) >= 11 is 0. The third kappa shape index (κ3) is 3.18. The molecule has 0 aromatic heterocycles. The minimum absolute atomic E-state index is 0.221. The van der Waals surface area contributed by atoms with Crippen molar-refractivity contribution in [1.82, 2.24) is 4.90 Å². The van der Waals surface area contributed by atoms with Gasteiger partial charge in [0.05, 0.1) is 0 Å². The van der Waals surface area contributed by atoms with Crippen molar-refractivity contribution < 1.29 is 27.9 Å². The van der Waals surface area contributed by atoms with E-state index in [-0.39, 0.29) is 12.1 Å². The number of likely N-dealkylation sites (tertiary alicyclic amines) is 1. The summed E-state index contributed by atoms with van der Waals surface area (Å²) in [7, 11) is 0. The number of nitrogens with zero attached hydrogens (tertiary/aromatic N) is 1. The lowest BCUT2D eigenvalue weighted by atomic mass is 9.86. The quantitative estimate of drug-likeness (QED) is 0.923. The number of benzene rings is 1. The molecule has 126 valence electrons. The summed E-state index contributed by atoms with van der Waals surface area (Å²) in [6.07, 6.45) is -3.70. The number of aliphatic carboxylic acids is 1. The van der Waals surface area contributed by atoms with E-state index in [0.29, 0.717) is 0 Å². The molecule has 1 fully saturated rings. The molecule has 1 aromatic rings. The second-order valence-corrected chi connectivity index (χ2v) is 5.81. The van der Waals surface area contributed by atoms with E-state index in [4.69, 9.17) is 5.11 Å². The number of aryl methyl sites for hydroxylation is 1. The maximum Gasteiger partial charge on any atom is 0.406 e. The van der Waals surface area contributed by atoms with Crippen molar-refractivity contribution in [1.29, 1.82) is 0 Å². The largest absolute Gasteiger partial charge is 0.481 e. The van der Waals surface area contributed by atoms with Crippen LogP contribution in [-0.4, -0.2) is 41.1 Å². The van der Waals surface area contributed by atoms with Gasteiger partial charge < -0.3 is 10.0 Å². The number of hydrogen-bond donors (Lipinski definition) is 1. The second kappa shape index (κ2) is 6.22. The van der Waals surface area contributed by atoms with Gasteiger partial charge in [0.1, 0.15) is 0 Å². The third-order valence-electron chi connectivity index (χ3n) is 4.25. The van der Waals surface area contributed by atoms with E-state index in [2.05, 4.69) is 0 Å². The fourth-order valence-electron chi connectivity index (χ4n) is 2.80. The van der Waals surface area contributed by atoms with Crippen LogP contribution >= 0.6 is 0 Å². The molecule has 23 heavy (non-hydrogen) atoms. The van der Waals surface area contributed by atoms with Gasteiger partial charge in [0, 0.05) is 18.7 Å². The SMILES string of the molecule is CCCc1ccc(C(=O)N2CCC(C(=O)O)(C(F)(F)F)C2)cc1. The van der Waals surface area contributed by atoms with Crippen LogP contribution < -0.4 is 0 Å². The maximum atomic E-state index is 13.1. The number of carboxylic acid groups (broad SMARTS) is 1. The van der Waals surface area contributed by atoms with Crippen molar-refractivity contribution in [2.24, 2.45) is 5.41 Å². The summed E-state index contributed by atoms with van der Waals surface area (Å²) in [5.74, 6) is -2.50. The van der Waals surface area contributed by atoms with Gasteiger partial charge in [-0.15, -0.1) is 0 Å². The van der Waals surface area contributed by atoms with Gasteiger partial charge in [-0.25, -0.2) is 0 Å². The summed E-state index contributed by atoms with van der Waals surface area (Å²) in [6.45, 7) is 0.953. The minimum Gasteiger partial charge on any atom is -0.481 e. The molecular formula is C16H18F3NO3. The van der Waals surface area contributed by atoms with Gasteiger partial charge in [-0.3, -0.25) is 9.59 Å². The Hall–Kier alpha value is -2.05. The lowest BCUT2D eigenvalue weighted by molar-refractivity contribution is -0.227. The molecule has 1 unspecified atom stereocenters. The van der Waals surface area contributed by atoms with Crippen LogP contribution in [0, 0.1) is 5.41 Å². The van der Waals surface area contributed by atoms with Crippen LogP contribution in [0.15, 0.2) is 24.3 Å². The van der Waals surface area contributed by atoms with Crippen molar-refractivity contribution in [3.63, 3.8) is 0 Å². The van der Waals surface area contributed by atoms with E-state index in [0.717, 1.165) is 23.3 Å². The van der Waals surface area contributed by atoms with Crippen molar-refractivity contribution in [3.8, 4) is 0 Å². The predicted octanol–water partition coefficient (Wildman–Crippen LogP) is 3.12. The Balaban J connectivity index is 2.17. The first-order valence-electron chi connectivity index (χ1n) is 7.39. The van der Waals surface area contributed by atoms with Crippen molar-refractivity contribution in [3.05, 3.63) is 35.4 Å². The first-order chi connectivity index (χ1) is 10.7. The summed E-state index contributed by atoms with van der Waals surface area (Å²) < 4.78 is 39.4. The number of carbonyl (C=O) groups is 2. The lowest BCUT2D eigenvalue weighted by Crippen LogP contribution is -2.47. The first kappa shape index (κ1) is 17.3. The van der Waals surface area contributed by atoms with Gasteiger partial charge >= 0.3 is 12.1 Å². The van der Waals surface area contributed by atoms with E-state index in [1.165, 1.54) is 0 Å². The Morgan fingerprint density at radius 1 is 1.26 bits per heavy atom. The van der Waals surface area contributed by atoms with Crippen LogP contribution in [0.1, 0.15) is 35.7 Å². The van der Waals surface area contributed by atoms with Crippen LogP contribution in [0.3, 0.4) is 0 Å². The highest BCUT2D eigenvalue weighted by Crippen LogP contribution is 2.45. The van der Waals surface area contributed by atoms with Crippen LogP contribution in [0.25, 0.3) is 0 Å². The molecule has 1 saturated heterocycles. The number of carbonyl (C=O) groups excluding carboxylic acids is 1. The molecule has 7 heteroatoms. The number of hydrogen-bond acceptors (Lipinski definition) is 2. The van der Waals surface area contributed by atoms with E-state index in [1.807, 2.05) is 6.92 Å². The van der Waals surface area contributed by atoms with Gasteiger partial charge in [-0.05, 0) is 30.5 Å². The first-order valence-corrected chi connectivity index (χ1v) is 7.39. The van der Waals surface area contributed by atoms with Crippen molar-refractivity contribution in [2.45, 2.75) is 32.4 Å². The summed E-state index contributed by atoms with van der Waals surface area (Å²) in [6, 6.07) is 6.67. The molecule has 1 aromatic carbocycles. The molecule has 0 saturated carbocycles. The van der Waals surface area contributed by atoms with Gasteiger partial charge in [0.15, 0.2) is 5.41 Å². The smallest absolute Gasteiger partial charge is 0.406 e. The molecule has 1 amide bonds. The average molecular weight is 329 g/mol. The number of halogens is 3. The van der Waals surface area contributed by atoms with Crippen LogP contribution in [0.4, 0.5) is 13.2 Å². The van der Waals surface area contributed by atoms with Gasteiger partial charge in [-0.2, -0.15) is 13.2 Å². The summed E-state index contributed by atoms with van der Waals surface area (Å²) in [5.41, 5.74) is -1.56. The minimum atomic E-state index is -4.89. The Labute approximate surface area is 131 Å². The highest BCUT2D eigenvalue weighted by atomic mass is 19.4. The maximum absolute atomic E-state index is 13.1. The molecule has 4 nitrogen and oxygen atoms in total. The van der Waals surface area contributed by atoms with Crippen molar-refractivity contribution in [2.75, 3.05) is 13.1 Å². The van der Waals surface area contributed by atoms with E-state index in [9.17, 15) is 22.8 Å². The monoisotopic (exact) mass is 329 g/mol. The van der Waals surface area contributed by atoms with Gasteiger partial charge in [0.25, 0.3) is 5.91 Å². The van der Waals surface area contributed by atoms with E-state index >= 15 is 0 Å². The fraction of sp³-hybridized carbons (Fsp3) is 0.500. The molecule has 0 aliphatic carbocycles. The van der Waals surface area contributed by atoms with Crippen LogP contribution in [-0.2, 0) is 11.2 Å². The summed E-state index contributed by atoms with van der Waals surface area (Å²) in [4.78, 5) is 24.4. The standard InChI is InChI=1S/C16H18F3NO3/c1-2-3-11-4-6-12(7-5-11)13(21)20-9-8-15(10-20,14(22)23)16(17,18)19/h4-7H,2-3,8-10H2,1H3,(H,22,23). The topological polar surface area (TPSA) is 57.6 Å². The Bertz CT molecular complexity index is 598. The van der Waals surface area contributed by atoms with E-state index < -0.39 is 36.4 Å². The lowest BCUT2D eigenvalue weighted by Gasteiger charge is -2.27. The average Bonchev–Trinajstić information content (AvgIpc) is 2.94. The molecule has 0 bridgehead atoms. The molecule has 2 rings (SSSR count). The molecule has 0 spiro atoms. The molecule has 1 N–H and O–H groups in total. The van der Waals surface area contributed by atoms with Crippen molar-refractivity contribution >= 4 is 11.9 Å². The van der Waals surface area contributed by atoms with E-state index in [1.54, 1.807) is 24.3 Å². The Morgan fingerprint density at radius 3 is 2.30 bits per heavy atom. The van der Waals surface area contributed by atoms with Gasteiger partial charge in [0.2, 0.25) is 0 Å². The molecule has 1 atom stereocenters. The highest BCUT2D eigenvalue weighted by molar-refractivity contribution is 5.95. The predicted molar refractivity (Wildman–Crippen MR) is 77.1 cm³/mol. The molecule has 0 radical (unpaired) electrons. The second-order valence-electron chi connectivity index (χ2n) is 5.81. The zero-order chi connectivity index (χ0) is 17.3. The Morgan fingerprint density at radius 2 is 1.87 bits per heavy atom. The Kier molecular flexibility index (Phi) is 4.68.